The van der Waals surface area contributed by atoms with E-state index in [0.29, 0.717) is 0 Å². The summed E-state index contributed by atoms with van der Waals surface area (Å²) < 4.78 is 16.0. The minimum Gasteiger partial charge on any atom is -0.459 e. The van der Waals surface area contributed by atoms with Crippen LogP contribution in [0.5, 0.6) is 0 Å². The molecule has 122 valence electrons. The van der Waals surface area contributed by atoms with Gasteiger partial charge in [-0.05, 0) is 12.0 Å². The van der Waals surface area contributed by atoms with E-state index in [-0.39, 0.29) is 25.2 Å². The lowest BCUT2D eigenvalue weighted by Gasteiger charge is -2.12. The van der Waals surface area contributed by atoms with E-state index in [1.807, 2.05) is 18.2 Å². The number of benzene rings is 1. The molecule has 1 rings (SSSR count). The van der Waals surface area contributed by atoms with Crippen LogP contribution in [0.15, 0.2) is 42.0 Å². The lowest BCUT2D eigenvalue weighted by atomic mass is 10.1. The monoisotopic (exact) mass is 329 g/mol. The Morgan fingerprint density at radius 2 is 1.95 bits per heavy atom. The molecule has 0 amide bonds. The Hall–Kier alpha value is -1.50. The Kier molecular flexibility index (Phi) is 7.44. The van der Waals surface area contributed by atoms with Crippen molar-refractivity contribution in [3.05, 3.63) is 47.5 Å². The first-order valence-electron chi connectivity index (χ1n) is 6.63. The first-order chi connectivity index (χ1) is 10.3. The molecule has 0 bridgehead atoms. The van der Waals surface area contributed by atoms with Gasteiger partial charge < -0.3 is 25.4 Å². The summed E-state index contributed by atoms with van der Waals surface area (Å²) in [6.45, 7) is -0.230. The Labute approximate surface area is 128 Å². The minimum absolute atomic E-state index is 0.0325. The first-order valence-corrected chi connectivity index (χ1v) is 8.42. The first kappa shape index (κ1) is 18.5. The van der Waals surface area contributed by atoms with Gasteiger partial charge in [0.1, 0.15) is 12.6 Å². The number of hydrogen-bond acceptors (Lipinski definition) is 5. The summed E-state index contributed by atoms with van der Waals surface area (Å²) in [5.41, 5.74) is 6.67. The van der Waals surface area contributed by atoms with Crippen LogP contribution in [0, 0.1) is 0 Å². The van der Waals surface area contributed by atoms with Gasteiger partial charge in [0.05, 0.1) is 6.16 Å². The lowest BCUT2D eigenvalue weighted by molar-refractivity contribution is -0.145. The number of aliphatic hydroxyl groups is 1. The Balaban J connectivity index is 2.63. The lowest BCUT2D eigenvalue weighted by Crippen LogP contribution is -2.30. The highest BCUT2D eigenvalue weighted by molar-refractivity contribution is 7.52. The fraction of sp³-hybridized carbons (Fsp3) is 0.357. The summed E-state index contributed by atoms with van der Waals surface area (Å²) in [6.07, 6.45) is 0.709. The number of carbonyl (C=O) groups excluding carboxylic acids is 1. The van der Waals surface area contributed by atoms with E-state index in [4.69, 9.17) is 25.4 Å². The van der Waals surface area contributed by atoms with Gasteiger partial charge in [-0.2, -0.15) is 0 Å². The molecule has 22 heavy (non-hydrogen) atoms. The highest BCUT2D eigenvalue weighted by Gasteiger charge is 2.19. The Morgan fingerprint density at radius 1 is 1.32 bits per heavy atom. The van der Waals surface area contributed by atoms with Gasteiger partial charge in [0.2, 0.25) is 0 Å². The van der Waals surface area contributed by atoms with Crippen LogP contribution in [0.1, 0.15) is 12.0 Å². The number of hydrogen-bond donors (Lipinski definition) is 4. The normalized spacial score (nSPS) is 13.7. The van der Waals surface area contributed by atoms with E-state index in [1.165, 1.54) is 6.08 Å². The maximum atomic E-state index is 11.8. The quantitative estimate of drug-likeness (QED) is 0.311. The van der Waals surface area contributed by atoms with Gasteiger partial charge in [0.15, 0.2) is 0 Å². The third kappa shape index (κ3) is 7.49. The topological polar surface area (TPSA) is 130 Å². The molecule has 0 aromatic heterocycles. The van der Waals surface area contributed by atoms with Crippen LogP contribution >= 0.6 is 7.60 Å². The number of nitrogens with two attached hydrogens (primary N) is 1. The SMILES string of the molecule is N[C@H](C=C(CCO)CP(=O)(O)O)C(=O)OCc1ccccc1. The van der Waals surface area contributed by atoms with Crippen LogP contribution in [0.4, 0.5) is 0 Å². The summed E-state index contributed by atoms with van der Waals surface area (Å²) in [6, 6.07) is 7.89. The molecule has 0 fully saturated rings. The van der Waals surface area contributed by atoms with E-state index in [0.717, 1.165) is 5.56 Å². The fourth-order valence-electron chi connectivity index (χ4n) is 1.77. The molecule has 0 saturated heterocycles. The zero-order valence-electron chi connectivity index (χ0n) is 12.0. The number of carbonyl (C=O) groups is 1. The molecule has 8 heteroatoms. The van der Waals surface area contributed by atoms with E-state index >= 15 is 0 Å². The molecule has 0 aliphatic rings. The van der Waals surface area contributed by atoms with Crippen molar-refractivity contribution in [3.8, 4) is 0 Å². The maximum Gasteiger partial charge on any atom is 0.329 e. The van der Waals surface area contributed by atoms with Crippen molar-refractivity contribution in [1.82, 2.24) is 0 Å². The van der Waals surface area contributed by atoms with Gasteiger partial charge >= 0.3 is 13.6 Å². The summed E-state index contributed by atoms with van der Waals surface area (Å²) in [5, 5.41) is 8.89. The minimum atomic E-state index is -4.29. The van der Waals surface area contributed by atoms with Gasteiger partial charge in [-0.25, -0.2) is 0 Å². The van der Waals surface area contributed by atoms with Crippen molar-refractivity contribution in [2.24, 2.45) is 5.73 Å². The molecule has 1 aromatic rings. The van der Waals surface area contributed by atoms with Crippen LogP contribution in [-0.4, -0.2) is 39.7 Å². The molecule has 0 aliphatic carbocycles. The molecule has 1 atom stereocenters. The predicted molar refractivity (Wildman–Crippen MR) is 80.9 cm³/mol. The maximum absolute atomic E-state index is 11.8. The molecule has 7 nitrogen and oxygen atoms in total. The second-order valence-corrected chi connectivity index (χ2v) is 6.39. The van der Waals surface area contributed by atoms with Crippen LogP contribution in [-0.2, 0) is 20.7 Å². The summed E-state index contributed by atoms with van der Waals surface area (Å²) in [4.78, 5) is 29.7. The molecule has 0 saturated carbocycles. The van der Waals surface area contributed by atoms with E-state index in [1.54, 1.807) is 12.1 Å². The summed E-state index contributed by atoms with van der Waals surface area (Å²) in [5.74, 6) is -0.704. The van der Waals surface area contributed by atoms with Crippen molar-refractivity contribution in [2.75, 3.05) is 12.8 Å². The molecule has 0 aliphatic heterocycles. The number of rotatable bonds is 8. The number of aliphatic hydroxyl groups excluding tert-OH is 1. The molecule has 5 N–H and O–H groups in total. The smallest absolute Gasteiger partial charge is 0.329 e. The molecule has 0 unspecified atom stereocenters. The van der Waals surface area contributed by atoms with E-state index in [9.17, 15) is 9.36 Å². The largest absolute Gasteiger partial charge is 0.459 e. The zero-order valence-corrected chi connectivity index (χ0v) is 12.9. The number of ether oxygens (including phenoxy) is 1. The van der Waals surface area contributed by atoms with Gasteiger partial charge in [-0.3, -0.25) is 9.36 Å². The van der Waals surface area contributed by atoms with Crippen LogP contribution in [0.25, 0.3) is 0 Å². The highest BCUT2D eigenvalue weighted by Crippen LogP contribution is 2.37. The predicted octanol–water partition coefficient (Wildman–Crippen LogP) is 0.544. The van der Waals surface area contributed by atoms with Crippen molar-refractivity contribution < 1.29 is 29.0 Å². The standard InChI is InChI=1S/C14H20NO6P/c15-13(8-12(6-7-16)10-22(18,19)20)14(17)21-9-11-4-2-1-3-5-11/h1-5,8,13,16H,6-7,9-10,15H2,(H2,18,19,20)/t13-/m1/s1. The van der Waals surface area contributed by atoms with Crippen LogP contribution < -0.4 is 5.73 Å². The third-order valence-electron chi connectivity index (χ3n) is 2.75. The zero-order chi connectivity index (χ0) is 16.6. The van der Waals surface area contributed by atoms with Gasteiger partial charge in [0.25, 0.3) is 0 Å². The second kappa shape index (κ2) is 8.82. The molecule has 0 heterocycles. The molecular weight excluding hydrogens is 309 g/mol. The Morgan fingerprint density at radius 3 is 2.50 bits per heavy atom. The molecule has 0 radical (unpaired) electrons. The third-order valence-corrected chi connectivity index (χ3v) is 3.57. The molecule has 1 aromatic carbocycles. The average Bonchev–Trinajstić information content (AvgIpc) is 2.44. The van der Waals surface area contributed by atoms with Crippen molar-refractivity contribution >= 4 is 13.6 Å². The molecular formula is C14H20NO6P. The Bertz CT molecular complexity index is 554. The highest BCUT2D eigenvalue weighted by atomic mass is 31.2. The van der Waals surface area contributed by atoms with Crippen molar-refractivity contribution in [2.45, 2.75) is 19.1 Å². The summed E-state index contributed by atoms with van der Waals surface area (Å²) in [7, 11) is -4.29. The van der Waals surface area contributed by atoms with Crippen molar-refractivity contribution in [1.29, 1.82) is 0 Å². The van der Waals surface area contributed by atoms with Crippen LogP contribution in [0.2, 0.25) is 0 Å². The average molecular weight is 329 g/mol. The van der Waals surface area contributed by atoms with E-state index < -0.39 is 25.8 Å². The fourth-order valence-corrected chi connectivity index (χ4v) is 2.56. The number of esters is 1. The second-order valence-electron chi connectivity index (χ2n) is 4.74. The van der Waals surface area contributed by atoms with Crippen molar-refractivity contribution in [3.63, 3.8) is 0 Å². The van der Waals surface area contributed by atoms with Gasteiger partial charge in [-0.15, -0.1) is 0 Å². The van der Waals surface area contributed by atoms with Crippen LogP contribution in [0.3, 0.4) is 0 Å². The van der Waals surface area contributed by atoms with E-state index in [2.05, 4.69) is 0 Å². The molecule has 0 spiro atoms. The van der Waals surface area contributed by atoms with Gasteiger partial charge in [0, 0.05) is 6.61 Å². The summed E-state index contributed by atoms with van der Waals surface area (Å²) >= 11 is 0. The van der Waals surface area contributed by atoms with Gasteiger partial charge in [-0.1, -0.05) is 42.0 Å².